The molecule has 2 aromatic carbocycles. The number of amides is 1. The van der Waals surface area contributed by atoms with Crippen LogP contribution in [0.3, 0.4) is 0 Å². The minimum Gasteiger partial charge on any atom is -0.494 e. The first kappa shape index (κ1) is 20.7. The van der Waals surface area contributed by atoms with Gasteiger partial charge < -0.3 is 14.6 Å². The van der Waals surface area contributed by atoms with Crippen molar-refractivity contribution in [3.05, 3.63) is 88.0 Å². The maximum Gasteiger partial charge on any atom is 0.287 e. The molecule has 158 valence electrons. The van der Waals surface area contributed by atoms with Crippen LogP contribution in [0.2, 0.25) is 0 Å². The van der Waals surface area contributed by atoms with Crippen LogP contribution in [0.1, 0.15) is 28.7 Å². The number of fused-ring (bicyclic) bond motifs is 1. The van der Waals surface area contributed by atoms with Gasteiger partial charge >= 0.3 is 0 Å². The van der Waals surface area contributed by atoms with E-state index in [1.807, 2.05) is 31.2 Å². The van der Waals surface area contributed by atoms with Gasteiger partial charge in [-0.15, -0.1) is 16.3 Å². The minimum atomic E-state index is -0.235. The average molecular weight is 436 g/mol. The second kappa shape index (κ2) is 9.09. The summed E-state index contributed by atoms with van der Waals surface area (Å²) in [7, 11) is 0. The second-order valence-electron chi connectivity index (χ2n) is 6.81. The minimum absolute atomic E-state index is 0.183. The summed E-state index contributed by atoms with van der Waals surface area (Å²) in [6.07, 6.45) is 0. The van der Waals surface area contributed by atoms with Crippen molar-refractivity contribution in [2.24, 2.45) is 0 Å². The zero-order chi connectivity index (χ0) is 21.8. The lowest BCUT2D eigenvalue weighted by atomic mass is 10.2. The number of hydrogen-bond donors (Lipinski definition) is 1. The molecule has 4 rings (SSSR count). The van der Waals surface area contributed by atoms with E-state index in [4.69, 9.17) is 9.26 Å². The number of nitrogens with zero attached hydrogens (tertiary/aromatic N) is 2. The number of nitrogens with one attached hydrogen (secondary N) is 1. The molecule has 31 heavy (non-hydrogen) atoms. The lowest BCUT2D eigenvalue weighted by molar-refractivity contribution is 0.102. The van der Waals surface area contributed by atoms with Crippen LogP contribution in [0.4, 0.5) is 5.69 Å². The Bertz CT molecular complexity index is 1260. The van der Waals surface area contributed by atoms with Crippen LogP contribution >= 0.6 is 11.8 Å². The summed E-state index contributed by atoms with van der Waals surface area (Å²) >= 11 is 1.56. The molecule has 0 aliphatic rings. The van der Waals surface area contributed by atoms with Crippen molar-refractivity contribution in [1.29, 1.82) is 0 Å². The Kier molecular flexibility index (Phi) is 6.08. The fourth-order valence-corrected chi connectivity index (χ4v) is 3.80. The third-order valence-electron chi connectivity index (χ3n) is 4.45. The van der Waals surface area contributed by atoms with Gasteiger partial charge in [-0.05, 0) is 62.4 Å². The fraction of sp³-hybridized carbons (Fsp3) is 0.174. The van der Waals surface area contributed by atoms with E-state index in [2.05, 4.69) is 10.3 Å². The normalized spacial score (nSPS) is 10.9. The molecule has 0 spiro atoms. The highest BCUT2D eigenvalue weighted by molar-refractivity contribution is 7.98. The highest BCUT2D eigenvalue weighted by atomic mass is 32.2. The van der Waals surface area contributed by atoms with Gasteiger partial charge in [-0.2, -0.15) is 0 Å². The summed E-state index contributed by atoms with van der Waals surface area (Å²) in [5.41, 5.74) is 2.22. The van der Waals surface area contributed by atoms with Crippen molar-refractivity contribution < 1.29 is 14.1 Å². The molecule has 0 bridgehead atoms. The molecule has 1 N–H and O–H groups in total. The smallest absolute Gasteiger partial charge is 0.287 e. The molecule has 0 radical (unpaired) electrons. The Morgan fingerprint density at radius 1 is 1.13 bits per heavy atom. The molecule has 2 heterocycles. The summed E-state index contributed by atoms with van der Waals surface area (Å²) in [4.78, 5) is 30.0. The predicted molar refractivity (Wildman–Crippen MR) is 120 cm³/mol. The number of anilines is 1. The van der Waals surface area contributed by atoms with Crippen molar-refractivity contribution >= 4 is 29.0 Å². The van der Waals surface area contributed by atoms with Gasteiger partial charge in [0.05, 0.1) is 12.3 Å². The maximum absolute atomic E-state index is 12.4. The number of thioether (sulfide) groups is 1. The highest BCUT2D eigenvalue weighted by Gasteiger charge is 2.09. The Hall–Kier alpha value is -3.52. The third kappa shape index (κ3) is 4.97. The van der Waals surface area contributed by atoms with Crippen LogP contribution in [-0.4, -0.2) is 22.1 Å². The monoisotopic (exact) mass is 435 g/mol. The van der Waals surface area contributed by atoms with Crippen molar-refractivity contribution in [2.75, 3.05) is 11.9 Å². The lowest BCUT2D eigenvalue weighted by Gasteiger charge is -2.08. The van der Waals surface area contributed by atoms with Gasteiger partial charge in [-0.25, -0.2) is 4.98 Å². The zero-order valence-corrected chi connectivity index (χ0v) is 17.9. The highest BCUT2D eigenvalue weighted by Crippen LogP contribution is 2.24. The van der Waals surface area contributed by atoms with Gasteiger partial charge in [0.2, 0.25) is 0 Å². The van der Waals surface area contributed by atoms with Crippen molar-refractivity contribution in [2.45, 2.75) is 24.5 Å². The average Bonchev–Trinajstić information content (AvgIpc) is 3.15. The van der Waals surface area contributed by atoms with Gasteiger partial charge in [-0.1, -0.05) is 0 Å². The van der Waals surface area contributed by atoms with Crippen LogP contribution < -0.4 is 15.6 Å². The number of aromatic nitrogens is 2. The van der Waals surface area contributed by atoms with Gasteiger partial charge in [0.15, 0.2) is 5.65 Å². The Labute approximate surface area is 183 Å². The van der Waals surface area contributed by atoms with Crippen molar-refractivity contribution in [3.8, 4) is 5.75 Å². The summed E-state index contributed by atoms with van der Waals surface area (Å²) in [5.74, 6) is 1.74. The van der Waals surface area contributed by atoms with Crippen LogP contribution in [0.15, 0.2) is 74.9 Å². The second-order valence-corrected chi connectivity index (χ2v) is 7.86. The summed E-state index contributed by atoms with van der Waals surface area (Å²) < 4.78 is 11.9. The number of ether oxygens (including phenoxy) is 1. The molecular weight excluding hydrogens is 414 g/mol. The maximum atomic E-state index is 12.4. The van der Waals surface area contributed by atoms with E-state index in [1.165, 1.54) is 10.6 Å². The molecule has 4 aromatic rings. The molecule has 0 aliphatic heterocycles. The zero-order valence-electron chi connectivity index (χ0n) is 17.1. The van der Waals surface area contributed by atoms with Gasteiger partial charge in [-0.3, -0.25) is 9.59 Å². The molecule has 2 aromatic heterocycles. The van der Waals surface area contributed by atoms with E-state index < -0.39 is 0 Å². The van der Waals surface area contributed by atoms with Crippen molar-refractivity contribution in [1.82, 2.24) is 9.56 Å². The Morgan fingerprint density at radius 2 is 1.87 bits per heavy atom. The number of carbonyl (C=O) groups is 1. The molecule has 0 aliphatic carbocycles. The van der Waals surface area contributed by atoms with Crippen LogP contribution in [-0.2, 0) is 5.75 Å². The fourth-order valence-electron chi connectivity index (χ4n) is 3.01. The predicted octanol–water partition coefficient (Wildman–Crippen LogP) is 4.54. The first-order valence-electron chi connectivity index (χ1n) is 9.78. The van der Waals surface area contributed by atoms with Crippen LogP contribution in [0.5, 0.6) is 5.75 Å². The summed E-state index contributed by atoms with van der Waals surface area (Å²) in [5, 5.41) is 2.88. The first-order valence-corrected chi connectivity index (χ1v) is 10.8. The molecular formula is C23H21N3O4S. The lowest BCUT2D eigenvalue weighted by Crippen LogP contribution is -2.12. The van der Waals surface area contributed by atoms with E-state index in [9.17, 15) is 9.59 Å². The molecule has 0 unspecified atom stereocenters. The number of rotatable bonds is 7. The summed E-state index contributed by atoms with van der Waals surface area (Å²) in [6.45, 7) is 4.28. The van der Waals surface area contributed by atoms with Gasteiger partial charge in [0.25, 0.3) is 11.5 Å². The molecule has 0 saturated heterocycles. The summed E-state index contributed by atoms with van der Waals surface area (Å²) in [6, 6.07) is 17.8. The van der Waals surface area contributed by atoms with E-state index >= 15 is 0 Å². The van der Waals surface area contributed by atoms with Crippen LogP contribution in [0.25, 0.3) is 5.65 Å². The molecule has 0 saturated carbocycles. The Morgan fingerprint density at radius 3 is 2.58 bits per heavy atom. The molecule has 0 fully saturated rings. The molecule has 1 amide bonds. The van der Waals surface area contributed by atoms with E-state index in [0.717, 1.165) is 10.6 Å². The topological polar surface area (TPSA) is 85.8 Å². The van der Waals surface area contributed by atoms with Gasteiger partial charge in [0, 0.05) is 34.0 Å². The SMILES string of the molecule is CCOc1ccc(C(=O)Nc2ccc(SCc3cc(=O)n4oc(C)cc4n3)cc2)cc1. The standard InChI is InChI=1S/C23H21N3O4S/c1-3-29-19-8-4-16(5-9-19)23(28)25-17-6-10-20(11-7-17)31-14-18-13-22(27)26-21(24-18)12-15(2)30-26/h4-13H,3,14H2,1-2H3,(H,25,28). The largest absolute Gasteiger partial charge is 0.494 e. The van der Waals surface area contributed by atoms with E-state index in [-0.39, 0.29) is 11.5 Å². The molecule has 8 heteroatoms. The first-order chi connectivity index (χ1) is 15.0. The molecule has 7 nitrogen and oxygen atoms in total. The number of hydrogen-bond acceptors (Lipinski definition) is 6. The van der Waals surface area contributed by atoms with Crippen molar-refractivity contribution in [3.63, 3.8) is 0 Å². The molecule has 0 atom stereocenters. The third-order valence-corrected chi connectivity index (χ3v) is 5.50. The van der Waals surface area contributed by atoms with E-state index in [1.54, 1.807) is 49.0 Å². The van der Waals surface area contributed by atoms with E-state index in [0.29, 0.717) is 40.7 Å². The quantitative estimate of drug-likeness (QED) is 0.429. The van der Waals surface area contributed by atoms with Crippen LogP contribution in [0, 0.1) is 6.92 Å². The number of aryl methyl sites for hydroxylation is 1. The number of benzene rings is 2. The van der Waals surface area contributed by atoms with Gasteiger partial charge in [0.1, 0.15) is 11.5 Å². The Balaban J connectivity index is 1.37. The number of carbonyl (C=O) groups excluding carboxylic acids is 1.